The van der Waals surface area contributed by atoms with Gasteiger partial charge in [-0.2, -0.15) is 0 Å². The number of anilines is 1. The molecule has 0 aliphatic rings. The highest BCUT2D eigenvalue weighted by atomic mass is 16.1. The molecule has 0 radical (unpaired) electrons. The smallest absolute Gasteiger partial charge is 0.227 e. The maximum Gasteiger partial charge on any atom is 0.227 e. The summed E-state index contributed by atoms with van der Waals surface area (Å²) in [5.74, 6) is 0.547. The number of hydrogen-bond acceptors (Lipinski definition) is 2. The van der Waals surface area contributed by atoms with E-state index in [-0.39, 0.29) is 11.8 Å². The minimum Gasteiger partial charge on any atom is -0.326 e. The van der Waals surface area contributed by atoms with E-state index < -0.39 is 0 Å². The van der Waals surface area contributed by atoms with Crippen LogP contribution in [0.15, 0.2) is 42.6 Å². The van der Waals surface area contributed by atoms with E-state index in [0.29, 0.717) is 5.92 Å². The molecule has 0 fully saturated rings. The fourth-order valence-corrected chi connectivity index (χ4v) is 2.75. The van der Waals surface area contributed by atoms with Crippen LogP contribution in [0.5, 0.6) is 0 Å². The number of para-hydroxylation sites is 1. The molecule has 2 atom stereocenters. The molecule has 0 spiro atoms. The molecular weight excluding hydrogens is 296 g/mol. The molecule has 2 unspecified atom stereocenters. The Morgan fingerprint density at radius 3 is 2.50 bits per heavy atom. The van der Waals surface area contributed by atoms with Gasteiger partial charge in [-0.15, -0.1) is 0 Å². The van der Waals surface area contributed by atoms with E-state index in [4.69, 9.17) is 0 Å². The Morgan fingerprint density at radius 2 is 1.83 bits per heavy atom. The highest BCUT2D eigenvalue weighted by Gasteiger charge is 2.15. The standard InChI is InChI=1S/C21H28N2O/c1-15-12-13-19(22-14-15)16(2)9-7-10-18(4)21(24)23-20-11-6-5-8-17(20)3/h5-6,8,11-14,16,18H,7,9-10H2,1-4H3,(H,23,24). The van der Waals surface area contributed by atoms with Crippen LogP contribution in [0.3, 0.4) is 0 Å². The highest BCUT2D eigenvalue weighted by molar-refractivity contribution is 5.92. The van der Waals surface area contributed by atoms with Gasteiger partial charge in [-0.1, -0.05) is 44.5 Å². The number of aromatic nitrogens is 1. The third-order valence-corrected chi connectivity index (χ3v) is 4.56. The first-order valence-corrected chi connectivity index (χ1v) is 8.76. The largest absolute Gasteiger partial charge is 0.326 e. The Labute approximate surface area is 145 Å². The SMILES string of the molecule is Cc1ccc(C(C)CCCC(C)C(=O)Nc2ccccc2C)nc1. The summed E-state index contributed by atoms with van der Waals surface area (Å²) in [6.45, 7) is 8.27. The Hall–Kier alpha value is -2.16. The highest BCUT2D eigenvalue weighted by Crippen LogP contribution is 2.22. The van der Waals surface area contributed by atoms with E-state index in [0.717, 1.165) is 36.2 Å². The van der Waals surface area contributed by atoms with Gasteiger partial charge in [-0.05, 0) is 55.9 Å². The average Bonchev–Trinajstić information content (AvgIpc) is 2.57. The normalized spacial score (nSPS) is 13.3. The summed E-state index contributed by atoms with van der Waals surface area (Å²) >= 11 is 0. The van der Waals surface area contributed by atoms with Crippen molar-refractivity contribution in [2.75, 3.05) is 5.32 Å². The number of rotatable bonds is 7. The van der Waals surface area contributed by atoms with Gasteiger partial charge in [0.1, 0.15) is 0 Å². The minimum absolute atomic E-state index is 0.0165. The predicted molar refractivity (Wildman–Crippen MR) is 100 cm³/mol. The quantitative estimate of drug-likeness (QED) is 0.756. The van der Waals surface area contributed by atoms with Gasteiger partial charge in [-0.3, -0.25) is 9.78 Å². The van der Waals surface area contributed by atoms with Gasteiger partial charge in [0, 0.05) is 23.5 Å². The van der Waals surface area contributed by atoms with Gasteiger partial charge >= 0.3 is 0 Å². The molecule has 1 aromatic heterocycles. The molecule has 2 rings (SSSR count). The minimum atomic E-state index is 0.0165. The van der Waals surface area contributed by atoms with E-state index in [1.807, 2.05) is 44.3 Å². The molecule has 24 heavy (non-hydrogen) atoms. The third kappa shape index (κ3) is 5.19. The lowest BCUT2D eigenvalue weighted by Crippen LogP contribution is -2.21. The summed E-state index contributed by atoms with van der Waals surface area (Å²) in [7, 11) is 0. The second-order valence-corrected chi connectivity index (χ2v) is 6.80. The summed E-state index contributed by atoms with van der Waals surface area (Å²) in [6.07, 6.45) is 4.90. The van der Waals surface area contributed by atoms with Crippen molar-refractivity contribution in [1.82, 2.24) is 4.98 Å². The van der Waals surface area contributed by atoms with Crippen LogP contribution in [0.4, 0.5) is 5.69 Å². The van der Waals surface area contributed by atoms with E-state index >= 15 is 0 Å². The van der Waals surface area contributed by atoms with Crippen LogP contribution in [0.2, 0.25) is 0 Å². The number of aryl methyl sites for hydroxylation is 2. The van der Waals surface area contributed by atoms with Gasteiger partial charge in [0.15, 0.2) is 0 Å². The molecule has 3 nitrogen and oxygen atoms in total. The van der Waals surface area contributed by atoms with Crippen LogP contribution in [0.1, 0.15) is 55.8 Å². The third-order valence-electron chi connectivity index (χ3n) is 4.56. The summed E-state index contributed by atoms with van der Waals surface area (Å²) in [5, 5.41) is 3.03. The molecule has 1 N–H and O–H groups in total. The van der Waals surface area contributed by atoms with E-state index in [1.54, 1.807) is 0 Å². The molecule has 2 aromatic rings. The molecule has 0 saturated carbocycles. The van der Waals surface area contributed by atoms with Crippen LogP contribution in [-0.4, -0.2) is 10.9 Å². The Bertz CT molecular complexity index is 664. The maximum atomic E-state index is 12.3. The molecule has 0 saturated heterocycles. The summed E-state index contributed by atoms with van der Waals surface area (Å²) < 4.78 is 0. The molecular formula is C21H28N2O. The van der Waals surface area contributed by atoms with Gasteiger partial charge in [-0.25, -0.2) is 0 Å². The van der Waals surface area contributed by atoms with Crippen molar-refractivity contribution in [1.29, 1.82) is 0 Å². The lowest BCUT2D eigenvalue weighted by molar-refractivity contribution is -0.119. The van der Waals surface area contributed by atoms with Crippen LogP contribution in [0, 0.1) is 19.8 Å². The Balaban J connectivity index is 1.78. The monoisotopic (exact) mass is 324 g/mol. The second-order valence-electron chi connectivity index (χ2n) is 6.80. The first kappa shape index (κ1) is 18.2. The molecule has 128 valence electrons. The summed E-state index contributed by atoms with van der Waals surface area (Å²) in [6, 6.07) is 12.1. The van der Waals surface area contributed by atoms with Gasteiger partial charge in [0.25, 0.3) is 0 Å². The fraction of sp³-hybridized carbons (Fsp3) is 0.429. The number of nitrogens with one attached hydrogen (secondary N) is 1. The van der Waals surface area contributed by atoms with Crippen LogP contribution >= 0.6 is 0 Å². The van der Waals surface area contributed by atoms with Crippen molar-refractivity contribution in [2.24, 2.45) is 5.92 Å². The lowest BCUT2D eigenvalue weighted by atomic mass is 9.95. The van der Waals surface area contributed by atoms with Crippen LogP contribution in [0.25, 0.3) is 0 Å². The summed E-state index contributed by atoms with van der Waals surface area (Å²) in [5.41, 5.74) is 4.33. The number of nitrogens with zero attached hydrogens (tertiary/aromatic N) is 1. The summed E-state index contributed by atoms with van der Waals surface area (Å²) in [4.78, 5) is 16.8. The van der Waals surface area contributed by atoms with E-state index in [2.05, 4.69) is 36.3 Å². The van der Waals surface area contributed by atoms with Crippen molar-refractivity contribution in [3.63, 3.8) is 0 Å². The zero-order valence-corrected chi connectivity index (χ0v) is 15.2. The fourth-order valence-electron chi connectivity index (χ4n) is 2.75. The molecule has 0 aliphatic carbocycles. The van der Waals surface area contributed by atoms with Gasteiger partial charge in [0.2, 0.25) is 5.91 Å². The molecule has 0 bridgehead atoms. The van der Waals surface area contributed by atoms with Crippen LogP contribution in [-0.2, 0) is 4.79 Å². The number of hydrogen-bond donors (Lipinski definition) is 1. The van der Waals surface area contributed by atoms with Crippen molar-refractivity contribution >= 4 is 11.6 Å². The van der Waals surface area contributed by atoms with Crippen molar-refractivity contribution in [3.05, 3.63) is 59.4 Å². The van der Waals surface area contributed by atoms with Crippen molar-refractivity contribution < 1.29 is 4.79 Å². The molecule has 3 heteroatoms. The van der Waals surface area contributed by atoms with E-state index in [9.17, 15) is 4.79 Å². The first-order chi connectivity index (χ1) is 11.5. The molecule has 1 heterocycles. The number of amides is 1. The maximum absolute atomic E-state index is 12.3. The number of pyridine rings is 1. The Kier molecular flexibility index (Phi) is 6.53. The first-order valence-electron chi connectivity index (χ1n) is 8.76. The zero-order chi connectivity index (χ0) is 17.5. The second kappa shape index (κ2) is 8.62. The van der Waals surface area contributed by atoms with E-state index in [1.165, 1.54) is 5.56 Å². The van der Waals surface area contributed by atoms with Crippen molar-refractivity contribution in [2.45, 2.75) is 52.9 Å². The topological polar surface area (TPSA) is 42.0 Å². The van der Waals surface area contributed by atoms with Gasteiger partial charge < -0.3 is 5.32 Å². The zero-order valence-electron chi connectivity index (χ0n) is 15.2. The number of benzene rings is 1. The predicted octanol–water partition coefficient (Wildman–Crippen LogP) is 5.25. The molecule has 1 aromatic carbocycles. The van der Waals surface area contributed by atoms with Crippen LogP contribution < -0.4 is 5.32 Å². The molecule has 1 amide bonds. The van der Waals surface area contributed by atoms with Gasteiger partial charge in [0.05, 0.1) is 0 Å². The Morgan fingerprint density at radius 1 is 1.08 bits per heavy atom. The molecule has 0 aliphatic heterocycles. The number of carbonyl (C=O) groups is 1. The van der Waals surface area contributed by atoms with Crippen molar-refractivity contribution in [3.8, 4) is 0 Å². The number of carbonyl (C=O) groups excluding carboxylic acids is 1. The average molecular weight is 324 g/mol. The lowest BCUT2D eigenvalue weighted by Gasteiger charge is -2.15.